The molecule has 4 aliphatic rings. The van der Waals surface area contributed by atoms with E-state index in [0.717, 1.165) is 48.9 Å². The van der Waals surface area contributed by atoms with Gasteiger partial charge in [0, 0.05) is 70.4 Å². The second-order valence-corrected chi connectivity index (χ2v) is 14.7. The van der Waals surface area contributed by atoms with Crippen molar-refractivity contribution in [1.82, 2.24) is 19.6 Å². The van der Waals surface area contributed by atoms with Crippen molar-refractivity contribution in [2.75, 3.05) is 51.1 Å². The first-order valence-corrected chi connectivity index (χ1v) is 18.7. The van der Waals surface area contributed by atoms with Crippen molar-refractivity contribution in [3.05, 3.63) is 53.6 Å². The number of carboxylic acids is 1. The summed E-state index contributed by atoms with van der Waals surface area (Å²) in [5, 5.41) is 22.0. The molecular weight excluding hydrogens is 665 g/mol. The molecule has 2 aromatic rings. The SMILES string of the molecule is Bc1cc(C[C@@H](OC(=O)N2CCC(N3CCc4ccccc4NC3=O)CC2)C(=O)N2CCC(C3CCN(C(=O)CCC(=O)O)CC3)CC2)ccc1O. The van der Waals surface area contributed by atoms with Crippen LogP contribution in [0.2, 0.25) is 0 Å². The summed E-state index contributed by atoms with van der Waals surface area (Å²) in [7, 11) is 1.79. The highest BCUT2D eigenvalue weighted by Crippen LogP contribution is 2.33. The maximum absolute atomic E-state index is 14.0. The number of likely N-dealkylation sites (tertiary alicyclic amines) is 3. The zero-order chi connectivity index (χ0) is 36.8. The van der Waals surface area contributed by atoms with Crippen LogP contribution >= 0.6 is 0 Å². The first-order chi connectivity index (χ1) is 25.0. The van der Waals surface area contributed by atoms with Crippen LogP contribution in [-0.4, -0.2) is 126 Å². The molecule has 4 heterocycles. The van der Waals surface area contributed by atoms with E-state index in [1.54, 1.807) is 34.7 Å². The Labute approximate surface area is 305 Å². The maximum atomic E-state index is 14.0. The van der Waals surface area contributed by atoms with E-state index >= 15 is 0 Å². The number of piperidine rings is 3. The molecule has 3 fully saturated rings. The van der Waals surface area contributed by atoms with Crippen LogP contribution in [0, 0.1) is 11.8 Å². The summed E-state index contributed by atoms with van der Waals surface area (Å²) in [6, 6.07) is 12.8. The van der Waals surface area contributed by atoms with Gasteiger partial charge in [-0.15, -0.1) is 0 Å². The van der Waals surface area contributed by atoms with E-state index in [-0.39, 0.29) is 48.9 Å². The minimum atomic E-state index is -1.03. The van der Waals surface area contributed by atoms with Crippen molar-refractivity contribution < 1.29 is 38.9 Å². The van der Waals surface area contributed by atoms with Gasteiger partial charge in [-0.25, -0.2) is 9.59 Å². The molecule has 0 saturated carbocycles. The number of fused-ring (bicyclic) bond motifs is 1. The van der Waals surface area contributed by atoms with Crippen LogP contribution in [0.1, 0.15) is 62.5 Å². The number of carbonyl (C=O) groups excluding carboxylic acids is 4. The molecule has 6 rings (SSSR count). The highest BCUT2D eigenvalue weighted by Gasteiger charge is 2.37. The molecule has 0 aliphatic carbocycles. The summed E-state index contributed by atoms with van der Waals surface area (Å²) < 4.78 is 6.02. The molecule has 14 heteroatoms. The minimum Gasteiger partial charge on any atom is -0.509 e. The molecule has 2 aromatic carbocycles. The number of aliphatic carboxylic acids is 1. The van der Waals surface area contributed by atoms with E-state index in [2.05, 4.69) is 5.32 Å². The quantitative estimate of drug-likeness (QED) is 0.334. The number of aromatic hydroxyl groups is 1. The molecule has 0 unspecified atom stereocenters. The van der Waals surface area contributed by atoms with E-state index in [9.17, 15) is 29.1 Å². The number of phenols is 1. The molecule has 52 heavy (non-hydrogen) atoms. The van der Waals surface area contributed by atoms with Crippen LogP contribution in [-0.2, 0) is 32.0 Å². The monoisotopic (exact) mass is 715 g/mol. The summed E-state index contributed by atoms with van der Waals surface area (Å²) >= 11 is 0. The van der Waals surface area contributed by atoms with Crippen LogP contribution in [0.5, 0.6) is 5.75 Å². The van der Waals surface area contributed by atoms with Crippen molar-refractivity contribution in [3.63, 3.8) is 0 Å². The van der Waals surface area contributed by atoms with Crippen LogP contribution < -0.4 is 10.8 Å². The average Bonchev–Trinajstić information content (AvgIpc) is 3.32. The van der Waals surface area contributed by atoms with Crippen molar-refractivity contribution in [1.29, 1.82) is 0 Å². The molecule has 4 aliphatic heterocycles. The summed E-state index contributed by atoms with van der Waals surface area (Å²) in [6.45, 7) is 3.79. The topological polar surface area (TPSA) is 160 Å². The lowest BCUT2D eigenvalue weighted by molar-refractivity contribution is -0.143. The fourth-order valence-corrected chi connectivity index (χ4v) is 8.32. The average molecular weight is 716 g/mol. The summed E-state index contributed by atoms with van der Waals surface area (Å²) in [5.74, 6) is -0.285. The number of phenolic OH excluding ortho intramolecular Hbond substituents is 1. The molecule has 3 saturated heterocycles. The highest BCUT2D eigenvalue weighted by molar-refractivity contribution is 6.34. The molecule has 5 amide bonds. The molecule has 13 nitrogen and oxygen atoms in total. The van der Waals surface area contributed by atoms with Crippen molar-refractivity contribution >= 4 is 48.9 Å². The third-order valence-corrected chi connectivity index (χ3v) is 11.5. The molecule has 3 N–H and O–H groups in total. The number of nitrogens with zero attached hydrogens (tertiary/aromatic N) is 4. The standard InChI is InChI=1S/C38H50BN5O8/c39-30-23-25(5-6-32(30)45)24-33(36(49)42-18-11-27(12-19-42)26-9-16-41(17-10-26)34(46)7-8-35(47)48)52-38(51)43-20-14-29(15-21-43)44-22-13-28-3-1-2-4-31(28)40-37(44)50/h1-6,23,26-27,29,33,45H,7-22,24,39H2,(H,40,50)(H,47,48)/t33-/m1/s1. The largest absolute Gasteiger partial charge is 0.509 e. The van der Waals surface area contributed by atoms with Crippen LogP contribution in [0.25, 0.3) is 0 Å². The zero-order valence-corrected chi connectivity index (χ0v) is 30.0. The normalized spacial score (nSPS) is 19.7. The Bertz CT molecular complexity index is 1630. The van der Waals surface area contributed by atoms with E-state index < -0.39 is 18.2 Å². The maximum Gasteiger partial charge on any atom is 0.410 e. The van der Waals surface area contributed by atoms with E-state index in [4.69, 9.17) is 9.84 Å². The van der Waals surface area contributed by atoms with Crippen molar-refractivity contribution in [3.8, 4) is 5.75 Å². The second kappa shape index (κ2) is 16.7. The van der Waals surface area contributed by atoms with Crippen LogP contribution in [0.15, 0.2) is 42.5 Å². The lowest BCUT2D eigenvalue weighted by Gasteiger charge is -2.41. The van der Waals surface area contributed by atoms with Gasteiger partial charge in [0.1, 0.15) is 13.6 Å². The Balaban J connectivity index is 1.03. The smallest absolute Gasteiger partial charge is 0.410 e. The van der Waals surface area contributed by atoms with Gasteiger partial charge >= 0.3 is 18.1 Å². The Morgan fingerprint density at radius 2 is 1.46 bits per heavy atom. The number of para-hydroxylation sites is 1. The molecule has 278 valence electrons. The molecule has 0 bridgehead atoms. The van der Waals surface area contributed by atoms with Gasteiger partial charge in [0.25, 0.3) is 5.91 Å². The Morgan fingerprint density at radius 1 is 0.827 bits per heavy atom. The molecule has 1 atom stereocenters. The second-order valence-electron chi connectivity index (χ2n) is 14.7. The lowest BCUT2D eigenvalue weighted by atomic mass is 9.78. The fraction of sp³-hybridized carbons (Fsp3) is 0.553. The van der Waals surface area contributed by atoms with Gasteiger partial charge in [-0.3, -0.25) is 14.4 Å². The summed E-state index contributed by atoms with van der Waals surface area (Å²) in [6.07, 6.45) is 3.85. The number of carboxylic acid groups (broad SMARTS) is 1. The van der Waals surface area contributed by atoms with E-state index in [0.29, 0.717) is 76.0 Å². The van der Waals surface area contributed by atoms with Gasteiger partial charge in [0.15, 0.2) is 6.10 Å². The van der Waals surface area contributed by atoms with E-state index in [1.165, 1.54) is 0 Å². The molecule has 0 aromatic heterocycles. The van der Waals surface area contributed by atoms with E-state index in [1.807, 2.05) is 35.2 Å². The van der Waals surface area contributed by atoms with Crippen LogP contribution in [0.3, 0.4) is 0 Å². The van der Waals surface area contributed by atoms with Gasteiger partial charge in [0.2, 0.25) is 5.91 Å². The zero-order valence-electron chi connectivity index (χ0n) is 30.0. The number of hydrogen-bond acceptors (Lipinski definition) is 7. The number of anilines is 1. The van der Waals surface area contributed by atoms with Crippen molar-refractivity contribution in [2.45, 2.75) is 76.4 Å². The first kappa shape index (κ1) is 37.0. The van der Waals surface area contributed by atoms with Crippen LogP contribution in [0.4, 0.5) is 15.3 Å². The number of rotatable bonds is 9. The Morgan fingerprint density at radius 3 is 2.12 bits per heavy atom. The Hall–Kier alpha value is -4.75. The number of amides is 5. The lowest BCUT2D eigenvalue weighted by Crippen LogP contribution is -2.52. The number of nitrogens with one attached hydrogen (secondary N) is 1. The van der Waals surface area contributed by atoms with Gasteiger partial charge in [-0.2, -0.15) is 0 Å². The first-order valence-electron chi connectivity index (χ1n) is 18.7. The predicted octanol–water partition coefficient (Wildman–Crippen LogP) is 2.59. The number of benzene rings is 2. The van der Waals surface area contributed by atoms with Gasteiger partial charge in [0.05, 0.1) is 6.42 Å². The molecular formula is C38H50BN5O8. The Kier molecular flexibility index (Phi) is 11.9. The van der Waals surface area contributed by atoms with Gasteiger partial charge < -0.3 is 39.9 Å². The minimum absolute atomic E-state index is 0.0123. The number of hydrogen-bond donors (Lipinski definition) is 3. The fourth-order valence-electron chi connectivity index (χ4n) is 8.32. The number of ether oxygens (including phenoxy) is 1. The highest BCUT2D eigenvalue weighted by atomic mass is 16.6. The molecule has 0 spiro atoms. The van der Waals surface area contributed by atoms with Crippen molar-refractivity contribution in [2.24, 2.45) is 11.8 Å². The summed E-state index contributed by atoms with van der Waals surface area (Å²) in [5.41, 5.74) is 3.40. The molecule has 0 radical (unpaired) electrons. The predicted molar refractivity (Wildman–Crippen MR) is 196 cm³/mol. The number of urea groups is 1. The van der Waals surface area contributed by atoms with Gasteiger partial charge in [-0.05, 0) is 85.5 Å². The van der Waals surface area contributed by atoms with Gasteiger partial charge in [-0.1, -0.05) is 30.3 Å². The number of carbonyl (C=O) groups is 5. The summed E-state index contributed by atoms with van der Waals surface area (Å²) in [4.78, 5) is 71.1. The third-order valence-electron chi connectivity index (χ3n) is 11.5. The third kappa shape index (κ3) is 9.00.